The van der Waals surface area contributed by atoms with E-state index in [-0.39, 0.29) is 12.1 Å². The highest BCUT2D eigenvalue weighted by molar-refractivity contribution is 6.29. The summed E-state index contributed by atoms with van der Waals surface area (Å²) >= 11 is 6.43. The molecule has 0 spiro atoms. The third kappa shape index (κ3) is 3.52. The standard InChI is InChI=1S/C19H25ClN4O2/c1-19(2,3)26-18(25)23-9-5-4-6-15(23)14-11-17-21-13(12-7-8-12)10-16(20)24(17)22-14/h10-12,15H,4-9H2,1-3H3/t15-/m0/s1. The maximum atomic E-state index is 12.7. The van der Waals surface area contributed by atoms with Gasteiger partial charge in [0.1, 0.15) is 10.8 Å². The molecule has 1 saturated carbocycles. The highest BCUT2D eigenvalue weighted by Crippen LogP contribution is 2.40. The Balaban J connectivity index is 1.65. The molecule has 1 aliphatic carbocycles. The smallest absolute Gasteiger partial charge is 0.410 e. The molecule has 1 amide bonds. The van der Waals surface area contributed by atoms with Crippen LogP contribution in [0.15, 0.2) is 12.1 Å². The lowest BCUT2D eigenvalue weighted by Crippen LogP contribution is -2.42. The van der Waals surface area contributed by atoms with E-state index in [4.69, 9.17) is 21.3 Å². The second-order valence-corrected chi connectivity index (χ2v) is 8.69. The molecule has 140 valence electrons. The number of ether oxygens (including phenoxy) is 1. The highest BCUT2D eigenvalue weighted by atomic mass is 35.5. The van der Waals surface area contributed by atoms with Gasteiger partial charge in [-0.3, -0.25) is 4.90 Å². The van der Waals surface area contributed by atoms with Crippen molar-refractivity contribution < 1.29 is 9.53 Å². The summed E-state index contributed by atoms with van der Waals surface area (Å²) in [6.45, 7) is 6.34. The first-order valence-electron chi connectivity index (χ1n) is 9.37. The van der Waals surface area contributed by atoms with E-state index < -0.39 is 5.60 Å². The molecule has 1 aliphatic heterocycles. The van der Waals surface area contributed by atoms with Crippen LogP contribution in [0.5, 0.6) is 0 Å². The lowest BCUT2D eigenvalue weighted by Gasteiger charge is -2.35. The number of fused-ring (bicyclic) bond motifs is 1. The number of amides is 1. The summed E-state index contributed by atoms with van der Waals surface area (Å²) < 4.78 is 7.27. The molecule has 0 unspecified atom stereocenters. The minimum absolute atomic E-state index is 0.0965. The number of carbonyl (C=O) groups excluding carboxylic acids is 1. The van der Waals surface area contributed by atoms with E-state index >= 15 is 0 Å². The van der Waals surface area contributed by atoms with Crippen molar-refractivity contribution in [1.82, 2.24) is 19.5 Å². The lowest BCUT2D eigenvalue weighted by atomic mass is 10.00. The Kier molecular flexibility index (Phi) is 4.34. The third-order valence-electron chi connectivity index (χ3n) is 4.89. The maximum absolute atomic E-state index is 12.7. The molecule has 3 heterocycles. The number of nitrogens with zero attached hydrogens (tertiary/aromatic N) is 4. The van der Waals surface area contributed by atoms with Crippen LogP contribution < -0.4 is 0 Å². The van der Waals surface area contributed by atoms with Crippen LogP contribution in [-0.2, 0) is 4.74 Å². The summed E-state index contributed by atoms with van der Waals surface area (Å²) in [5.74, 6) is 0.531. The molecule has 1 atom stereocenters. The largest absolute Gasteiger partial charge is 0.444 e. The van der Waals surface area contributed by atoms with Gasteiger partial charge in [0.2, 0.25) is 0 Å². The third-order valence-corrected chi connectivity index (χ3v) is 5.16. The molecule has 0 bridgehead atoms. The maximum Gasteiger partial charge on any atom is 0.410 e. The quantitative estimate of drug-likeness (QED) is 0.711. The number of hydrogen-bond donors (Lipinski definition) is 0. The molecule has 0 radical (unpaired) electrons. The van der Waals surface area contributed by atoms with E-state index in [0.29, 0.717) is 17.6 Å². The van der Waals surface area contributed by atoms with Gasteiger partial charge in [0.25, 0.3) is 0 Å². The molecule has 6 nitrogen and oxygen atoms in total. The number of hydrogen-bond acceptors (Lipinski definition) is 4. The average molecular weight is 377 g/mol. The number of piperidine rings is 1. The van der Waals surface area contributed by atoms with Gasteiger partial charge >= 0.3 is 6.09 Å². The summed E-state index contributed by atoms with van der Waals surface area (Å²) in [5, 5.41) is 5.23. The van der Waals surface area contributed by atoms with Gasteiger partial charge in [0.05, 0.1) is 11.7 Å². The van der Waals surface area contributed by atoms with Gasteiger partial charge in [-0.25, -0.2) is 14.3 Å². The van der Waals surface area contributed by atoms with Gasteiger partial charge in [0.15, 0.2) is 5.65 Å². The minimum atomic E-state index is -0.512. The molecule has 0 aromatic carbocycles. The molecule has 2 aromatic rings. The molecular weight excluding hydrogens is 352 g/mol. The number of rotatable bonds is 2. The van der Waals surface area contributed by atoms with Crippen LogP contribution in [-0.4, -0.2) is 37.7 Å². The molecular formula is C19H25ClN4O2. The Labute approximate surface area is 158 Å². The van der Waals surface area contributed by atoms with E-state index in [0.717, 1.165) is 36.3 Å². The van der Waals surface area contributed by atoms with Gasteiger partial charge in [-0.2, -0.15) is 5.10 Å². The summed E-state index contributed by atoms with van der Waals surface area (Å²) in [6.07, 6.45) is 4.98. The second-order valence-electron chi connectivity index (χ2n) is 8.30. The van der Waals surface area contributed by atoms with E-state index in [1.165, 1.54) is 12.8 Å². The van der Waals surface area contributed by atoms with Crippen molar-refractivity contribution in [3.63, 3.8) is 0 Å². The van der Waals surface area contributed by atoms with Crippen LogP contribution in [0.3, 0.4) is 0 Å². The van der Waals surface area contributed by atoms with Crippen molar-refractivity contribution in [2.75, 3.05) is 6.54 Å². The second kappa shape index (κ2) is 6.41. The van der Waals surface area contributed by atoms with Crippen LogP contribution in [0.2, 0.25) is 5.15 Å². The predicted octanol–water partition coefficient (Wildman–Crippen LogP) is 4.72. The number of likely N-dealkylation sites (tertiary alicyclic amines) is 1. The van der Waals surface area contributed by atoms with E-state index in [1.807, 2.05) is 32.9 Å². The first kappa shape index (κ1) is 17.6. The van der Waals surface area contributed by atoms with Gasteiger partial charge in [-0.1, -0.05) is 11.6 Å². The van der Waals surface area contributed by atoms with Crippen molar-refractivity contribution in [2.45, 2.75) is 70.4 Å². The van der Waals surface area contributed by atoms with Crippen molar-refractivity contribution in [2.24, 2.45) is 0 Å². The molecule has 7 heteroatoms. The minimum Gasteiger partial charge on any atom is -0.444 e. The van der Waals surface area contributed by atoms with Gasteiger partial charge in [0, 0.05) is 24.2 Å². The van der Waals surface area contributed by atoms with Crippen LogP contribution in [0.25, 0.3) is 5.65 Å². The summed E-state index contributed by atoms with van der Waals surface area (Å²) in [4.78, 5) is 19.2. The van der Waals surface area contributed by atoms with Crippen LogP contribution in [0.4, 0.5) is 4.79 Å². The molecule has 4 rings (SSSR count). The Morgan fingerprint density at radius 3 is 2.65 bits per heavy atom. The van der Waals surface area contributed by atoms with Crippen molar-refractivity contribution >= 4 is 23.3 Å². The fourth-order valence-electron chi connectivity index (χ4n) is 3.50. The molecule has 2 fully saturated rings. The van der Waals surface area contributed by atoms with Crippen molar-refractivity contribution in [3.8, 4) is 0 Å². The Bertz CT molecular complexity index is 838. The number of aromatic nitrogens is 3. The van der Waals surface area contributed by atoms with Crippen LogP contribution >= 0.6 is 11.6 Å². The van der Waals surface area contributed by atoms with E-state index in [9.17, 15) is 4.79 Å². The monoisotopic (exact) mass is 376 g/mol. The molecule has 26 heavy (non-hydrogen) atoms. The van der Waals surface area contributed by atoms with Crippen molar-refractivity contribution in [1.29, 1.82) is 0 Å². The zero-order valence-electron chi connectivity index (χ0n) is 15.5. The average Bonchev–Trinajstić information content (AvgIpc) is 3.32. The highest BCUT2D eigenvalue weighted by Gasteiger charge is 2.33. The summed E-state index contributed by atoms with van der Waals surface area (Å²) in [7, 11) is 0. The van der Waals surface area contributed by atoms with Gasteiger partial charge in [-0.05, 0) is 58.9 Å². The zero-order chi connectivity index (χ0) is 18.5. The van der Waals surface area contributed by atoms with Crippen molar-refractivity contribution in [3.05, 3.63) is 28.7 Å². The Hall–Kier alpha value is -1.82. The lowest BCUT2D eigenvalue weighted by molar-refractivity contribution is 0.00898. The normalized spacial score (nSPS) is 21.2. The number of carbonyl (C=O) groups is 1. The fraction of sp³-hybridized carbons (Fsp3) is 0.632. The van der Waals surface area contributed by atoms with Gasteiger partial charge < -0.3 is 4.74 Å². The van der Waals surface area contributed by atoms with E-state index in [1.54, 1.807) is 9.42 Å². The van der Waals surface area contributed by atoms with Crippen LogP contribution in [0, 0.1) is 0 Å². The SMILES string of the molecule is CC(C)(C)OC(=O)N1CCCC[C@H]1c1cc2nc(C3CC3)cc(Cl)n2n1. The fourth-order valence-corrected chi connectivity index (χ4v) is 3.74. The summed E-state index contributed by atoms with van der Waals surface area (Å²) in [5.41, 5.74) is 2.12. The van der Waals surface area contributed by atoms with E-state index in [2.05, 4.69) is 5.10 Å². The Morgan fingerprint density at radius 1 is 1.19 bits per heavy atom. The summed E-state index contributed by atoms with van der Waals surface area (Å²) in [6, 6.07) is 3.78. The Morgan fingerprint density at radius 2 is 1.96 bits per heavy atom. The van der Waals surface area contributed by atoms with Crippen LogP contribution in [0.1, 0.15) is 76.2 Å². The number of halogens is 1. The zero-order valence-corrected chi connectivity index (χ0v) is 16.3. The first-order valence-corrected chi connectivity index (χ1v) is 9.75. The molecule has 1 saturated heterocycles. The molecule has 2 aromatic heterocycles. The molecule has 2 aliphatic rings. The first-order chi connectivity index (χ1) is 12.3. The molecule has 0 N–H and O–H groups in total. The topological polar surface area (TPSA) is 59.7 Å². The predicted molar refractivity (Wildman–Crippen MR) is 99.5 cm³/mol. The van der Waals surface area contributed by atoms with Gasteiger partial charge in [-0.15, -0.1) is 0 Å².